The molecule has 0 radical (unpaired) electrons. The molecular weight excluding hydrogens is 200 g/mol. The van der Waals surface area contributed by atoms with Crippen molar-refractivity contribution < 1.29 is 0 Å². The van der Waals surface area contributed by atoms with Crippen molar-refractivity contribution in [1.82, 2.24) is 9.55 Å². The van der Waals surface area contributed by atoms with E-state index in [2.05, 4.69) is 17.1 Å². The van der Waals surface area contributed by atoms with E-state index in [1.807, 2.05) is 22.8 Å². The van der Waals surface area contributed by atoms with Crippen molar-refractivity contribution in [3.63, 3.8) is 0 Å². The summed E-state index contributed by atoms with van der Waals surface area (Å²) in [6, 6.07) is 10.3. The van der Waals surface area contributed by atoms with Crippen LogP contribution >= 0.6 is 0 Å². The Labute approximate surface area is 94.2 Å². The van der Waals surface area contributed by atoms with Crippen molar-refractivity contribution >= 4 is 5.84 Å². The maximum atomic E-state index is 7.25. The Balaban J connectivity index is 1.97. The van der Waals surface area contributed by atoms with Gasteiger partial charge in [-0.3, -0.25) is 5.41 Å². The number of nitrogens with two attached hydrogens (primary N) is 1. The predicted molar refractivity (Wildman–Crippen MR) is 63.4 cm³/mol. The first-order valence-corrected chi connectivity index (χ1v) is 5.16. The number of nitrogens with zero attached hydrogens (tertiary/aromatic N) is 2. The number of nitrogens with one attached hydrogen (secondary N) is 1. The average molecular weight is 214 g/mol. The highest BCUT2D eigenvalue weighted by atomic mass is 15.0. The van der Waals surface area contributed by atoms with Crippen LogP contribution in [0.1, 0.15) is 11.3 Å². The Kier molecular flexibility index (Phi) is 3.00. The van der Waals surface area contributed by atoms with Crippen molar-refractivity contribution in [2.75, 3.05) is 0 Å². The molecule has 0 atom stereocenters. The van der Waals surface area contributed by atoms with Crippen LogP contribution in [-0.4, -0.2) is 15.4 Å². The summed E-state index contributed by atoms with van der Waals surface area (Å²) in [6.45, 7) is 0.851. The van der Waals surface area contributed by atoms with Gasteiger partial charge in [0.05, 0.1) is 6.33 Å². The number of benzene rings is 1. The summed E-state index contributed by atoms with van der Waals surface area (Å²) >= 11 is 0. The van der Waals surface area contributed by atoms with Crippen LogP contribution in [-0.2, 0) is 13.0 Å². The van der Waals surface area contributed by atoms with Crippen molar-refractivity contribution in [3.05, 3.63) is 54.1 Å². The molecule has 2 rings (SSSR count). The van der Waals surface area contributed by atoms with Gasteiger partial charge in [0.1, 0.15) is 11.5 Å². The fourth-order valence-electron chi connectivity index (χ4n) is 1.52. The molecule has 0 saturated carbocycles. The summed E-state index contributed by atoms with van der Waals surface area (Å²) in [7, 11) is 0. The lowest BCUT2D eigenvalue weighted by atomic mass is 10.1. The van der Waals surface area contributed by atoms with Gasteiger partial charge in [-0.25, -0.2) is 4.98 Å². The van der Waals surface area contributed by atoms with Crippen LogP contribution in [0.3, 0.4) is 0 Å². The molecule has 0 amide bonds. The van der Waals surface area contributed by atoms with Gasteiger partial charge in [-0.1, -0.05) is 30.3 Å². The molecule has 0 aliphatic rings. The Morgan fingerprint density at radius 3 is 2.69 bits per heavy atom. The van der Waals surface area contributed by atoms with E-state index in [-0.39, 0.29) is 5.84 Å². The first-order valence-electron chi connectivity index (χ1n) is 5.16. The summed E-state index contributed by atoms with van der Waals surface area (Å²) in [4.78, 5) is 4.04. The van der Waals surface area contributed by atoms with Crippen LogP contribution in [0.15, 0.2) is 42.9 Å². The van der Waals surface area contributed by atoms with E-state index >= 15 is 0 Å². The fraction of sp³-hybridized carbons (Fsp3) is 0.167. The van der Waals surface area contributed by atoms with Gasteiger partial charge in [0, 0.05) is 12.7 Å². The normalized spacial score (nSPS) is 10.2. The molecule has 1 aromatic heterocycles. The molecule has 0 bridgehead atoms. The van der Waals surface area contributed by atoms with E-state index in [1.165, 1.54) is 5.56 Å². The molecule has 0 saturated heterocycles. The van der Waals surface area contributed by atoms with Crippen molar-refractivity contribution in [3.8, 4) is 0 Å². The molecule has 2 aromatic rings. The molecule has 3 N–H and O–H groups in total. The molecule has 4 nitrogen and oxygen atoms in total. The summed E-state index contributed by atoms with van der Waals surface area (Å²) in [5, 5.41) is 7.25. The molecule has 0 aliphatic carbocycles. The quantitative estimate of drug-likeness (QED) is 0.597. The van der Waals surface area contributed by atoms with Gasteiger partial charge in [0.25, 0.3) is 0 Å². The summed E-state index contributed by atoms with van der Waals surface area (Å²) in [6.07, 6.45) is 4.46. The van der Waals surface area contributed by atoms with Gasteiger partial charge in [-0.2, -0.15) is 0 Å². The number of hydrogen-bond donors (Lipinski definition) is 2. The summed E-state index contributed by atoms with van der Waals surface area (Å²) in [5.41, 5.74) is 7.17. The SMILES string of the molecule is N=C(N)c1cn(CCc2ccccc2)cn1. The Hall–Kier alpha value is -2.10. The highest BCUT2D eigenvalue weighted by molar-refractivity contribution is 5.92. The number of aromatic nitrogens is 2. The van der Waals surface area contributed by atoms with E-state index in [9.17, 15) is 0 Å². The second kappa shape index (κ2) is 4.61. The molecule has 1 heterocycles. The second-order valence-electron chi connectivity index (χ2n) is 3.65. The number of aryl methyl sites for hydroxylation is 2. The molecule has 1 aromatic carbocycles. The minimum absolute atomic E-state index is 0.0125. The second-order valence-corrected chi connectivity index (χ2v) is 3.65. The van der Waals surface area contributed by atoms with Crippen molar-refractivity contribution in [1.29, 1.82) is 5.41 Å². The zero-order chi connectivity index (χ0) is 11.4. The first kappa shape index (κ1) is 10.4. The van der Waals surface area contributed by atoms with Crippen LogP contribution in [0, 0.1) is 5.41 Å². The van der Waals surface area contributed by atoms with E-state index in [4.69, 9.17) is 11.1 Å². The third kappa shape index (κ3) is 2.48. The number of imidazole rings is 1. The van der Waals surface area contributed by atoms with Crippen molar-refractivity contribution in [2.24, 2.45) is 5.73 Å². The minimum Gasteiger partial charge on any atom is -0.382 e. The van der Waals surface area contributed by atoms with Gasteiger partial charge in [0.15, 0.2) is 0 Å². The Bertz CT molecular complexity index is 473. The monoisotopic (exact) mass is 214 g/mol. The largest absolute Gasteiger partial charge is 0.382 e. The fourth-order valence-corrected chi connectivity index (χ4v) is 1.52. The standard InChI is InChI=1S/C12H14N4/c13-12(14)11-8-16(9-15-11)7-6-10-4-2-1-3-5-10/h1-5,8-9H,6-7H2,(H3,13,14). The van der Waals surface area contributed by atoms with Gasteiger partial charge in [-0.15, -0.1) is 0 Å². The Morgan fingerprint density at radius 2 is 2.06 bits per heavy atom. The third-order valence-electron chi connectivity index (χ3n) is 2.41. The van der Waals surface area contributed by atoms with Crippen LogP contribution in [0.4, 0.5) is 0 Å². The zero-order valence-corrected chi connectivity index (χ0v) is 8.93. The van der Waals surface area contributed by atoms with Crippen LogP contribution in [0.5, 0.6) is 0 Å². The van der Waals surface area contributed by atoms with Gasteiger partial charge < -0.3 is 10.3 Å². The maximum absolute atomic E-state index is 7.25. The smallest absolute Gasteiger partial charge is 0.143 e. The number of nitrogen functional groups attached to an aromatic ring is 1. The zero-order valence-electron chi connectivity index (χ0n) is 8.93. The molecule has 16 heavy (non-hydrogen) atoms. The van der Waals surface area contributed by atoms with Crippen molar-refractivity contribution in [2.45, 2.75) is 13.0 Å². The summed E-state index contributed by atoms with van der Waals surface area (Å²) in [5.74, 6) is 0.0125. The minimum atomic E-state index is 0.0125. The molecule has 4 heteroatoms. The average Bonchev–Trinajstić information content (AvgIpc) is 2.76. The molecule has 0 unspecified atom stereocenters. The lowest BCUT2D eigenvalue weighted by Gasteiger charge is -2.01. The third-order valence-corrected chi connectivity index (χ3v) is 2.41. The van der Waals surface area contributed by atoms with E-state index in [1.54, 1.807) is 12.5 Å². The topological polar surface area (TPSA) is 67.7 Å². The van der Waals surface area contributed by atoms with Crippen LogP contribution in [0.25, 0.3) is 0 Å². The number of rotatable bonds is 4. The predicted octanol–water partition coefficient (Wildman–Crippen LogP) is 1.41. The van der Waals surface area contributed by atoms with Gasteiger partial charge in [0.2, 0.25) is 0 Å². The van der Waals surface area contributed by atoms with Crippen LogP contribution in [0.2, 0.25) is 0 Å². The Morgan fingerprint density at radius 1 is 1.31 bits per heavy atom. The lowest BCUT2D eigenvalue weighted by molar-refractivity contribution is 0.695. The van der Waals surface area contributed by atoms with Crippen LogP contribution < -0.4 is 5.73 Å². The van der Waals surface area contributed by atoms with Gasteiger partial charge >= 0.3 is 0 Å². The molecular formula is C12H14N4. The number of amidine groups is 1. The van der Waals surface area contributed by atoms with E-state index in [0.717, 1.165) is 13.0 Å². The molecule has 0 aliphatic heterocycles. The number of hydrogen-bond acceptors (Lipinski definition) is 2. The highest BCUT2D eigenvalue weighted by Crippen LogP contribution is 2.02. The molecule has 82 valence electrons. The lowest BCUT2D eigenvalue weighted by Crippen LogP contribution is -2.11. The maximum Gasteiger partial charge on any atom is 0.143 e. The van der Waals surface area contributed by atoms with E-state index < -0.39 is 0 Å². The molecule has 0 fully saturated rings. The summed E-state index contributed by atoms with van der Waals surface area (Å²) < 4.78 is 1.95. The van der Waals surface area contributed by atoms with E-state index in [0.29, 0.717) is 5.69 Å². The first-order chi connectivity index (χ1) is 7.75. The molecule has 0 spiro atoms. The highest BCUT2D eigenvalue weighted by Gasteiger charge is 2.01. The van der Waals surface area contributed by atoms with Gasteiger partial charge in [-0.05, 0) is 12.0 Å².